The van der Waals surface area contributed by atoms with Gasteiger partial charge in [-0.2, -0.15) is 0 Å². The predicted octanol–water partition coefficient (Wildman–Crippen LogP) is 2.41. The molecule has 1 saturated carbocycles. The summed E-state index contributed by atoms with van der Waals surface area (Å²) in [4.78, 5) is 2.59. The molecule has 1 atom stereocenters. The molecular weight excluding hydrogens is 184 g/mol. The predicted molar refractivity (Wildman–Crippen MR) is 67.1 cm³/mol. The van der Waals surface area contributed by atoms with Crippen molar-refractivity contribution < 1.29 is 0 Å². The second kappa shape index (κ2) is 6.29. The highest BCUT2D eigenvalue weighted by molar-refractivity contribution is 4.91. The van der Waals surface area contributed by atoms with Crippen LogP contribution < -0.4 is 5.32 Å². The van der Waals surface area contributed by atoms with E-state index in [1.165, 1.54) is 19.3 Å². The second-order valence-electron chi connectivity index (χ2n) is 4.96. The highest BCUT2D eigenvalue weighted by Gasteiger charge is 2.30. The van der Waals surface area contributed by atoms with Crippen molar-refractivity contribution in [1.29, 1.82) is 0 Å². The van der Waals surface area contributed by atoms with Crippen LogP contribution >= 0.6 is 0 Å². The van der Waals surface area contributed by atoms with Gasteiger partial charge in [-0.1, -0.05) is 19.9 Å². The van der Waals surface area contributed by atoms with Crippen molar-refractivity contribution in [1.82, 2.24) is 10.2 Å². The van der Waals surface area contributed by atoms with Crippen molar-refractivity contribution in [2.75, 3.05) is 13.1 Å². The Balaban J connectivity index is 2.22. The molecule has 0 radical (unpaired) electrons. The smallest absolute Gasteiger partial charge is 0.0166 e. The van der Waals surface area contributed by atoms with Gasteiger partial charge in [-0.05, 0) is 32.7 Å². The Hall–Kier alpha value is -0.340. The molecule has 0 aromatic heterocycles. The molecule has 1 N–H and O–H groups in total. The van der Waals surface area contributed by atoms with Gasteiger partial charge in [0.15, 0.2) is 0 Å². The third-order valence-corrected chi connectivity index (χ3v) is 3.04. The molecule has 1 aliphatic rings. The normalized spacial score (nSPS) is 18.5. The number of hydrogen-bond acceptors (Lipinski definition) is 2. The fourth-order valence-corrected chi connectivity index (χ4v) is 1.99. The maximum atomic E-state index is 3.84. The van der Waals surface area contributed by atoms with E-state index in [0.717, 1.165) is 19.1 Å². The van der Waals surface area contributed by atoms with Gasteiger partial charge in [-0.3, -0.25) is 4.90 Å². The average Bonchev–Trinajstić information content (AvgIpc) is 2.96. The van der Waals surface area contributed by atoms with E-state index >= 15 is 0 Å². The van der Waals surface area contributed by atoms with E-state index < -0.39 is 0 Å². The van der Waals surface area contributed by atoms with Gasteiger partial charge in [0.05, 0.1) is 0 Å². The summed E-state index contributed by atoms with van der Waals surface area (Å²) in [5.74, 6) is 0. The molecular formula is C13H26N2. The third kappa shape index (κ3) is 4.80. The van der Waals surface area contributed by atoms with Gasteiger partial charge in [0.25, 0.3) is 0 Å². The minimum Gasteiger partial charge on any atom is -0.314 e. The Morgan fingerprint density at radius 1 is 1.40 bits per heavy atom. The van der Waals surface area contributed by atoms with Crippen molar-refractivity contribution in [2.45, 2.75) is 58.2 Å². The fraction of sp³-hybridized carbons (Fsp3) is 0.846. The first-order valence-electron chi connectivity index (χ1n) is 6.25. The Bertz CT molecular complexity index is 185. The van der Waals surface area contributed by atoms with Crippen LogP contribution in [0.3, 0.4) is 0 Å². The summed E-state index contributed by atoms with van der Waals surface area (Å²) in [5, 5.41) is 3.48. The zero-order chi connectivity index (χ0) is 11.3. The molecule has 88 valence electrons. The van der Waals surface area contributed by atoms with Gasteiger partial charge >= 0.3 is 0 Å². The first kappa shape index (κ1) is 12.7. The highest BCUT2D eigenvalue weighted by atomic mass is 15.2. The second-order valence-corrected chi connectivity index (χ2v) is 4.96. The summed E-state index contributed by atoms with van der Waals surface area (Å²) in [6.07, 6.45) is 6.04. The van der Waals surface area contributed by atoms with Gasteiger partial charge in [0.2, 0.25) is 0 Å². The third-order valence-electron chi connectivity index (χ3n) is 3.04. The lowest BCUT2D eigenvalue weighted by Crippen LogP contribution is -2.38. The van der Waals surface area contributed by atoms with Gasteiger partial charge < -0.3 is 5.32 Å². The van der Waals surface area contributed by atoms with E-state index in [2.05, 4.69) is 37.6 Å². The molecule has 0 aliphatic heterocycles. The van der Waals surface area contributed by atoms with Crippen LogP contribution in [0.15, 0.2) is 12.7 Å². The minimum absolute atomic E-state index is 0.603. The maximum absolute atomic E-state index is 3.84. The van der Waals surface area contributed by atoms with Crippen LogP contribution in [0.1, 0.15) is 40.0 Å². The number of rotatable bonds is 8. The monoisotopic (exact) mass is 210 g/mol. The largest absolute Gasteiger partial charge is 0.314 e. The SMILES string of the molecule is C=CCN(C(C)CCNC(C)C)C1CC1. The Morgan fingerprint density at radius 3 is 2.53 bits per heavy atom. The quantitative estimate of drug-likeness (QED) is 0.619. The van der Waals surface area contributed by atoms with Gasteiger partial charge in [0.1, 0.15) is 0 Å². The summed E-state index contributed by atoms with van der Waals surface area (Å²) < 4.78 is 0. The Kier molecular flexibility index (Phi) is 5.34. The molecule has 0 saturated heterocycles. The van der Waals surface area contributed by atoms with Crippen molar-refractivity contribution >= 4 is 0 Å². The zero-order valence-corrected chi connectivity index (χ0v) is 10.5. The van der Waals surface area contributed by atoms with E-state index in [9.17, 15) is 0 Å². The first-order valence-corrected chi connectivity index (χ1v) is 6.25. The molecule has 1 aliphatic carbocycles. The van der Waals surface area contributed by atoms with E-state index in [-0.39, 0.29) is 0 Å². The van der Waals surface area contributed by atoms with Crippen molar-refractivity contribution in [2.24, 2.45) is 0 Å². The summed E-state index contributed by atoms with van der Waals surface area (Å²) in [5.41, 5.74) is 0. The molecule has 0 aromatic carbocycles. The first-order chi connectivity index (χ1) is 7.15. The number of hydrogen-bond donors (Lipinski definition) is 1. The van der Waals surface area contributed by atoms with Gasteiger partial charge in [-0.15, -0.1) is 6.58 Å². The Morgan fingerprint density at radius 2 is 2.07 bits per heavy atom. The lowest BCUT2D eigenvalue weighted by molar-refractivity contribution is 0.209. The molecule has 0 bridgehead atoms. The average molecular weight is 210 g/mol. The Labute approximate surface area is 94.7 Å². The van der Waals surface area contributed by atoms with Crippen LogP contribution in [0.4, 0.5) is 0 Å². The number of nitrogens with zero attached hydrogens (tertiary/aromatic N) is 1. The molecule has 0 spiro atoms. The van der Waals surface area contributed by atoms with Crippen LogP contribution in [-0.4, -0.2) is 36.1 Å². The summed E-state index contributed by atoms with van der Waals surface area (Å²) >= 11 is 0. The summed E-state index contributed by atoms with van der Waals surface area (Å²) in [6, 6.07) is 2.13. The maximum Gasteiger partial charge on any atom is 0.0166 e. The zero-order valence-electron chi connectivity index (χ0n) is 10.5. The minimum atomic E-state index is 0.603. The summed E-state index contributed by atoms with van der Waals surface area (Å²) in [6.45, 7) is 12.8. The standard InChI is InChI=1S/C13H26N2/c1-5-10-15(13-6-7-13)12(4)8-9-14-11(2)3/h5,11-14H,1,6-10H2,2-4H3. The van der Waals surface area contributed by atoms with Crippen LogP contribution in [0.2, 0.25) is 0 Å². The van der Waals surface area contributed by atoms with Gasteiger partial charge in [0, 0.05) is 24.7 Å². The van der Waals surface area contributed by atoms with E-state index in [0.29, 0.717) is 12.1 Å². The number of nitrogens with one attached hydrogen (secondary N) is 1. The van der Waals surface area contributed by atoms with Crippen LogP contribution in [0.25, 0.3) is 0 Å². The molecule has 0 amide bonds. The van der Waals surface area contributed by atoms with E-state index in [1.807, 2.05) is 6.08 Å². The highest BCUT2D eigenvalue weighted by Crippen LogP contribution is 2.29. The molecule has 1 unspecified atom stereocenters. The molecule has 1 rings (SSSR count). The lowest BCUT2D eigenvalue weighted by atomic mass is 10.2. The molecule has 0 aromatic rings. The molecule has 15 heavy (non-hydrogen) atoms. The van der Waals surface area contributed by atoms with E-state index in [1.54, 1.807) is 0 Å². The van der Waals surface area contributed by atoms with Crippen LogP contribution in [-0.2, 0) is 0 Å². The van der Waals surface area contributed by atoms with Crippen LogP contribution in [0, 0.1) is 0 Å². The molecule has 2 nitrogen and oxygen atoms in total. The summed E-state index contributed by atoms with van der Waals surface area (Å²) in [7, 11) is 0. The molecule has 2 heteroatoms. The van der Waals surface area contributed by atoms with Gasteiger partial charge in [-0.25, -0.2) is 0 Å². The van der Waals surface area contributed by atoms with Crippen molar-refractivity contribution in [3.63, 3.8) is 0 Å². The van der Waals surface area contributed by atoms with E-state index in [4.69, 9.17) is 0 Å². The van der Waals surface area contributed by atoms with Crippen molar-refractivity contribution in [3.8, 4) is 0 Å². The fourth-order valence-electron chi connectivity index (χ4n) is 1.99. The lowest BCUT2D eigenvalue weighted by Gasteiger charge is -2.28. The van der Waals surface area contributed by atoms with Crippen LogP contribution in [0.5, 0.6) is 0 Å². The topological polar surface area (TPSA) is 15.3 Å². The molecule has 1 fully saturated rings. The van der Waals surface area contributed by atoms with Crippen molar-refractivity contribution in [3.05, 3.63) is 12.7 Å². The molecule has 0 heterocycles.